The van der Waals surface area contributed by atoms with Crippen molar-refractivity contribution < 1.29 is 14.0 Å². The Morgan fingerprint density at radius 3 is 2.64 bits per heavy atom. The van der Waals surface area contributed by atoms with E-state index in [0.717, 1.165) is 17.3 Å². The van der Waals surface area contributed by atoms with Crippen molar-refractivity contribution in [2.45, 2.75) is 32.0 Å². The number of aromatic amines is 1. The van der Waals surface area contributed by atoms with Crippen LogP contribution >= 0.6 is 35.0 Å². The van der Waals surface area contributed by atoms with Gasteiger partial charge in [-0.05, 0) is 48.7 Å². The van der Waals surface area contributed by atoms with Crippen molar-refractivity contribution in [2.24, 2.45) is 5.92 Å². The monoisotopic (exact) mass is 509 g/mol. The molecule has 0 unspecified atom stereocenters. The summed E-state index contributed by atoms with van der Waals surface area (Å²) in [6.07, 6.45) is 0. The van der Waals surface area contributed by atoms with E-state index < -0.39 is 11.9 Å². The van der Waals surface area contributed by atoms with E-state index in [2.05, 4.69) is 25.8 Å². The maximum Gasteiger partial charge on any atom is 0.253 e. The van der Waals surface area contributed by atoms with Gasteiger partial charge < -0.3 is 10.6 Å². The van der Waals surface area contributed by atoms with Crippen LogP contribution in [0, 0.1) is 18.7 Å². The van der Waals surface area contributed by atoms with Crippen molar-refractivity contribution in [1.29, 1.82) is 0 Å². The average molecular weight is 510 g/mol. The third-order valence-corrected chi connectivity index (χ3v) is 6.11. The van der Waals surface area contributed by atoms with E-state index in [1.54, 1.807) is 25.1 Å². The van der Waals surface area contributed by atoms with Gasteiger partial charge in [-0.25, -0.2) is 9.37 Å². The van der Waals surface area contributed by atoms with E-state index in [9.17, 15) is 14.0 Å². The quantitative estimate of drug-likeness (QED) is 0.352. The molecular formula is C22H22Cl2FN5O2S. The summed E-state index contributed by atoms with van der Waals surface area (Å²) >= 11 is 13.2. The van der Waals surface area contributed by atoms with Gasteiger partial charge in [0.1, 0.15) is 11.6 Å². The Morgan fingerprint density at radius 2 is 1.94 bits per heavy atom. The van der Waals surface area contributed by atoms with Crippen LogP contribution in [0.1, 0.15) is 41.6 Å². The number of anilines is 1. The molecule has 3 N–H and O–H groups in total. The summed E-state index contributed by atoms with van der Waals surface area (Å²) < 4.78 is 13.4. The van der Waals surface area contributed by atoms with E-state index in [1.165, 1.54) is 18.2 Å². The number of hydrogen-bond donors (Lipinski definition) is 3. The highest BCUT2D eigenvalue weighted by atomic mass is 35.5. The van der Waals surface area contributed by atoms with Crippen molar-refractivity contribution in [1.82, 2.24) is 20.5 Å². The van der Waals surface area contributed by atoms with Crippen LogP contribution in [0.15, 0.2) is 41.6 Å². The number of thioether (sulfide) groups is 1. The first kappa shape index (κ1) is 25.0. The highest BCUT2D eigenvalue weighted by molar-refractivity contribution is 7.99. The van der Waals surface area contributed by atoms with Gasteiger partial charge in [-0.2, -0.15) is 0 Å². The second-order valence-electron chi connectivity index (χ2n) is 7.62. The Morgan fingerprint density at radius 1 is 1.18 bits per heavy atom. The Balaban J connectivity index is 1.63. The minimum atomic E-state index is -0.463. The normalized spacial score (nSPS) is 12.0. The minimum Gasteiger partial charge on any atom is -0.342 e. The number of halogens is 3. The summed E-state index contributed by atoms with van der Waals surface area (Å²) in [7, 11) is 0. The Kier molecular flexibility index (Phi) is 8.34. The largest absolute Gasteiger partial charge is 0.342 e. The van der Waals surface area contributed by atoms with Crippen LogP contribution in [0.5, 0.6) is 0 Å². The standard InChI is InChI=1S/C22H22Cl2FN5O2S/c1-11(2)19(27-21(32)15-7-5-13(23)8-16(15)24)20-28-22(30-29-20)33-10-18(31)26-17-9-14(25)6-4-12(17)3/h4-9,11,19H,10H2,1-3H3,(H,26,31)(H,27,32)(H,28,29,30)/t19-/m1/s1. The van der Waals surface area contributed by atoms with Crippen LogP contribution in [0.4, 0.5) is 10.1 Å². The summed E-state index contributed by atoms with van der Waals surface area (Å²) in [5, 5.41) is 13.6. The van der Waals surface area contributed by atoms with E-state index in [-0.39, 0.29) is 28.5 Å². The Hall–Kier alpha value is -2.62. The number of aromatic nitrogens is 3. The van der Waals surface area contributed by atoms with Crippen molar-refractivity contribution in [3.05, 3.63) is 69.2 Å². The first-order chi connectivity index (χ1) is 15.6. The number of amides is 2. The fourth-order valence-electron chi connectivity index (χ4n) is 2.95. The van der Waals surface area contributed by atoms with Gasteiger partial charge >= 0.3 is 0 Å². The van der Waals surface area contributed by atoms with Gasteiger partial charge in [0.05, 0.1) is 22.4 Å². The topological polar surface area (TPSA) is 99.8 Å². The summed E-state index contributed by atoms with van der Waals surface area (Å²) in [4.78, 5) is 29.4. The number of aryl methyl sites for hydroxylation is 1. The average Bonchev–Trinajstić information content (AvgIpc) is 3.21. The predicted octanol–water partition coefficient (Wildman–Crippen LogP) is 5.42. The SMILES string of the molecule is Cc1ccc(F)cc1NC(=O)CSc1n[nH]c([C@H](NC(=O)c2ccc(Cl)cc2Cl)C(C)C)n1. The molecule has 11 heteroatoms. The van der Waals surface area contributed by atoms with Gasteiger partial charge in [0.15, 0.2) is 0 Å². The maximum absolute atomic E-state index is 13.4. The van der Waals surface area contributed by atoms with Gasteiger partial charge in [-0.3, -0.25) is 14.7 Å². The molecule has 0 aliphatic heterocycles. The molecule has 1 aromatic heterocycles. The first-order valence-corrected chi connectivity index (χ1v) is 11.7. The second kappa shape index (κ2) is 11.0. The van der Waals surface area contributed by atoms with E-state index in [0.29, 0.717) is 27.3 Å². The van der Waals surface area contributed by atoms with Crippen molar-refractivity contribution >= 4 is 52.5 Å². The third-order valence-electron chi connectivity index (χ3n) is 4.71. The molecule has 0 aliphatic carbocycles. The summed E-state index contributed by atoms with van der Waals surface area (Å²) in [5.41, 5.74) is 1.47. The molecule has 3 rings (SSSR count). The predicted molar refractivity (Wildman–Crippen MR) is 128 cm³/mol. The van der Waals surface area contributed by atoms with Gasteiger partial charge in [-0.15, -0.1) is 5.10 Å². The molecule has 0 fully saturated rings. The van der Waals surface area contributed by atoms with Crippen LogP contribution in [0.25, 0.3) is 0 Å². The van der Waals surface area contributed by atoms with Gasteiger partial charge in [0.25, 0.3) is 5.91 Å². The summed E-state index contributed by atoms with van der Waals surface area (Å²) in [5.74, 6) is -0.634. The zero-order valence-corrected chi connectivity index (χ0v) is 20.4. The van der Waals surface area contributed by atoms with E-state index in [1.807, 2.05) is 13.8 Å². The number of nitrogens with one attached hydrogen (secondary N) is 3. The van der Waals surface area contributed by atoms with Crippen LogP contribution in [-0.4, -0.2) is 32.7 Å². The third kappa shape index (κ3) is 6.69. The van der Waals surface area contributed by atoms with Crippen molar-refractivity contribution in [3.8, 4) is 0 Å². The number of carbonyl (C=O) groups excluding carboxylic acids is 2. The lowest BCUT2D eigenvalue weighted by atomic mass is 10.0. The zero-order valence-electron chi connectivity index (χ0n) is 18.1. The van der Waals surface area contributed by atoms with Gasteiger partial charge in [0.2, 0.25) is 11.1 Å². The van der Waals surface area contributed by atoms with Crippen molar-refractivity contribution in [3.63, 3.8) is 0 Å². The lowest BCUT2D eigenvalue weighted by molar-refractivity contribution is -0.113. The molecule has 0 spiro atoms. The molecule has 0 bridgehead atoms. The molecule has 0 radical (unpaired) electrons. The van der Waals surface area contributed by atoms with E-state index >= 15 is 0 Å². The van der Waals surface area contributed by atoms with Crippen LogP contribution in [0.2, 0.25) is 10.0 Å². The lowest BCUT2D eigenvalue weighted by Crippen LogP contribution is -2.32. The highest BCUT2D eigenvalue weighted by Gasteiger charge is 2.24. The van der Waals surface area contributed by atoms with Gasteiger partial charge in [0, 0.05) is 10.7 Å². The Labute approximate surface area is 204 Å². The van der Waals surface area contributed by atoms with E-state index in [4.69, 9.17) is 23.2 Å². The molecule has 0 saturated heterocycles. The van der Waals surface area contributed by atoms with Crippen molar-refractivity contribution in [2.75, 3.05) is 11.1 Å². The number of benzene rings is 2. The summed E-state index contributed by atoms with van der Waals surface area (Å²) in [6, 6.07) is 8.38. The second-order valence-corrected chi connectivity index (χ2v) is 9.40. The first-order valence-electron chi connectivity index (χ1n) is 10.0. The number of hydrogen-bond acceptors (Lipinski definition) is 5. The highest BCUT2D eigenvalue weighted by Crippen LogP contribution is 2.25. The fraction of sp³-hybridized carbons (Fsp3) is 0.273. The molecule has 0 aliphatic rings. The molecule has 174 valence electrons. The fourth-order valence-corrected chi connectivity index (χ4v) is 4.05. The van der Waals surface area contributed by atoms with Crippen LogP contribution in [-0.2, 0) is 4.79 Å². The molecule has 3 aromatic rings. The maximum atomic E-state index is 13.4. The number of nitrogens with zero attached hydrogens (tertiary/aromatic N) is 2. The molecule has 1 heterocycles. The molecule has 7 nitrogen and oxygen atoms in total. The Bertz CT molecular complexity index is 1170. The molecular weight excluding hydrogens is 488 g/mol. The lowest BCUT2D eigenvalue weighted by Gasteiger charge is -2.20. The number of carbonyl (C=O) groups is 2. The molecule has 1 atom stereocenters. The number of rotatable bonds is 8. The molecule has 0 saturated carbocycles. The number of H-pyrrole nitrogens is 1. The van der Waals surface area contributed by atoms with Crippen LogP contribution in [0.3, 0.4) is 0 Å². The minimum absolute atomic E-state index is 0.00919. The van der Waals surface area contributed by atoms with Gasteiger partial charge in [-0.1, -0.05) is 54.9 Å². The smallest absolute Gasteiger partial charge is 0.253 e. The molecule has 2 amide bonds. The molecule has 33 heavy (non-hydrogen) atoms. The zero-order chi connectivity index (χ0) is 24.1. The summed E-state index contributed by atoms with van der Waals surface area (Å²) in [6.45, 7) is 5.64. The molecule has 2 aromatic carbocycles. The van der Waals surface area contributed by atoms with Crippen LogP contribution < -0.4 is 10.6 Å².